The first-order valence-electron chi connectivity index (χ1n) is 7.21. The van der Waals surface area contributed by atoms with Crippen molar-refractivity contribution in [2.45, 2.75) is 32.6 Å². The zero-order valence-corrected chi connectivity index (χ0v) is 13.4. The molecule has 1 aliphatic carbocycles. The van der Waals surface area contributed by atoms with Crippen molar-refractivity contribution in [3.8, 4) is 0 Å². The van der Waals surface area contributed by atoms with E-state index < -0.39 is 18.3 Å². The number of nitrogens with zero attached hydrogens (tertiary/aromatic N) is 3. The fourth-order valence-electron chi connectivity index (χ4n) is 2.67. The second kappa shape index (κ2) is 6.05. The molecule has 0 unspecified atom stereocenters. The average Bonchev–Trinajstić information content (AvgIpc) is 2.50. The predicted molar refractivity (Wildman–Crippen MR) is 85.5 cm³/mol. The van der Waals surface area contributed by atoms with Crippen LogP contribution in [0.1, 0.15) is 18.9 Å². The van der Waals surface area contributed by atoms with Gasteiger partial charge < -0.3 is 0 Å². The zero-order chi connectivity index (χ0) is 17.5. The van der Waals surface area contributed by atoms with Crippen molar-refractivity contribution in [2.24, 2.45) is 9.98 Å². The van der Waals surface area contributed by atoms with E-state index in [1.165, 1.54) is 0 Å². The number of alkyl halides is 3. The van der Waals surface area contributed by atoms with Crippen LogP contribution in [0.3, 0.4) is 0 Å². The SMILES string of the molecule is CC1=NCc2cc(=C3CC=CC=C3Cl)c(=O)n(CC(F)(F)F)c2=N1. The molecule has 0 fully saturated rings. The highest BCUT2D eigenvalue weighted by atomic mass is 35.5. The van der Waals surface area contributed by atoms with Crippen molar-refractivity contribution in [1.82, 2.24) is 4.57 Å². The summed E-state index contributed by atoms with van der Waals surface area (Å²) in [7, 11) is 0. The maximum absolute atomic E-state index is 13.0. The van der Waals surface area contributed by atoms with Crippen LogP contribution in [-0.2, 0) is 13.1 Å². The van der Waals surface area contributed by atoms with Crippen molar-refractivity contribution >= 4 is 23.0 Å². The number of hydrogen-bond donors (Lipinski definition) is 0. The van der Waals surface area contributed by atoms with E-state index in [1.54, 1.807) is 31.2 Å². The molecular formula is C16H13ClF3N3O. The lowest BCUT2D eigenvalue weighted by molar-refractivity contribution is -0.141. The maximum Gasteiger partial charge on any atom is 0.406 e. The van der Waals surface area contributed by atoms with E-state index in [0.29, 0.717) is 33.0 Å². The number of aliphatic imine (C=N–C) groups is 1. The van der Waals surface area contributed by atoms with Gasteiger partial charge in [-0.2, -0.15) is 13.2 Å². The van der Waals surface area contributed by atoms with Crippen LogP contribution in [0.4, 0.5) is 13.2 Å². The molecule has 0 N–H and O–H groups in total. The van der Waals surface area contributed by atoms with Gasteiger partial charge in [0, 0.05) is 15.8 Å². The highest BCUT2D eigenvalue weighted by molar-refractivity contribution is 6.36. The van der Waals surface area contributed by atoms with Gasteiger partial charge in [0.25, 0.3) is 5.56 Å². The van der Waals surface area contributed by atoms with Crippen LogP contribution in [0.15, 0.2) is 44.1 Å². The van der Waals surface area contributed by atoms with Crippen LogP contribution in [0.5, 0.6) is 0 Å². The van der Waals surface area contributed by atoms with E-state index in [-0.39, 0.29) is 17.3 Å². The van der Waals surface area contributed by atoms with Gasteiger partial charge in [-0.1, -0.05) is 23.8 Å². The number of amidine groups is 1. The molecule has 0 radical (unpaired) electrons. The normalized spacial score (nSPS) is 19.4. The lowest BCUT2D eigenvalue weighted by Crippen LogP contribution is -2.48. The summed E-state index contributed by atoms with van der Waals surface area (Å²) in [6.07, 6.45) is 0.988. The quantitative estimate of drug-likeness (QED) is 0.761. The molecule has 4 nitrogen and oxygen atoms in total. The Balaban J connectivity index is 2.38. The number of hydrogen-bond acceptors (Lipinski definition) is 3. The fraction of sp³-hybridized carbons (Fsp3) is 0.312. The van der Waals surface area contributed by atoms with Crippen molar-refractivity contribution in [3.63, 3.8) is 0 Å². The average molecular weight is 356 g/mol. The Labute approximate surface area is 140 Å². The number of aromatic nitrogens is 1. The van der Waals surface area contributed by atoms with E-state index in [2.05, 4.69) is 9.98 Å². The van der Waals surface area contributed by atoms with Crippen molar-refractivity contribution in [1.29, 1.82) is 0 Å². The molecule has 0 spiro atoms. The Hall–Kier alpha value is -2.15. The van der Waals surface area contributed by atoms with Crippen molar-refractivity contribution < 1.29 is 13.2 Å². The van der Waals surface area contributed by atoms with Crippen LogP contribution in [0.2, 0.25) is 0 Å². The van der Waals surface area contributed by atoms with Crippen LogP contribution in [0, 0.1) is 0 Å². The molecule has 1 aromatic heterocycles. The highest BCUT2D eigenvalue weighted by Crippen LogP contribution is 2.22. The number of pyridine rings is 1. The smallest absolute Gasteiger partial charge is 0.283 e. The molecule has 8 heteroatoms. The molecule has 1 aliphatic heterocycles. The number of halogens is 4. The van der Waals surface area contributed by atoms with Crippen molar-refractivity contribution in [2.75, 3.05) is 0 Å². The van der Waals surface area contributed by atoms with E-state index in [1.807, 2.05) is 0 Å². The van der Waals surface area contributed by atoms with E-state index >= 15 is 0 Å². The standard InChI is InChI=1S/C16H13ClF3N3O/c1-9-21-7-10-6-12(11-4-2-3-5-13(11)17)15(24)23(14(10)22-9)8-16(18,19)20/h2-3,5-6H,4,7-8H2,1H3. The van der Waals surface area contributed by atoms with E-state index in [0.717, 1.165) is 0 Å². The summed E-state index contributed by atoms with van der Waals surface area (Å²) < 4.78 is 39.5. The maximum atomic E-state index is 13.0. The first-order chi connectivity index (χ1) is 11.3. The van der Waals surface area contributed by atoms with Gasteiger partial charge in [0.05, 0.1) is 6.54 Å². The third-order valence-electron chi connectivity index (χ3n) is 3.73. The Morgan fingerprint density at radius 3 is 2.79 bits per heavy atom. The summed E-state index contributed by atoms with van der Waals surface area (Å²) in [5.74, 6) is 0.344. The van der Waals surface area contributed by atoms with Gasteiger partial charge in [-0.25, -0.2) is 4.99 Å². The lowest BCUT2D eigenvalue weighted by atomic mass is 10.0. The van der Waals surface area contributed by atoms with Gasteiger partial charge in [0.15, 0.2) is 0 Å². The first kappa shape index (κ1) is 16.7. The van der Waals surface area contributed by atoms with Gasteiger partial charge in [-0.05, 0) is 31.1 Å². The molecule has 0 aromatic carbocycles. The Morgan fingerprint density at radius 1 is 1.38 bits per heavy atom. The largest absolute Gasteiger partial charge is 0.406 e. The minimum atomic E-state index is -4.54. The Kier molecular flexibility index (Phi) is 4.21. The Morgan fingerprint density at radius 2 is 2.12 bits per heavy atom. The first-order valence-corrected chi connectivity index (χ1v) is 7.59. The molecule has 1 aromatic rings. The molecule has 2 heterocycles. The summed E-state index contributed by atoms with van der Waals surface area (Å²) in [4.78, 5) is 20.9. The summed E-state index contributed by atoms with van der Waals surface area (Å²) in [6.45, 7) is 0.364. The molecule has 0 amide bonds. The minimum Gasteiger partial charge on any atom is -0.283 e. The zero-order valence-electron chi connectivity index (χ0n) is 12.7. The third kappa shape index (κ3) is 3.21. The molecule has 0 saturated carbocycles. The van der Waals surface area contributed by atoms with Gasteiger partial charge in [0.2, 0.25) is 0 Å². The summed E-state index contributed by atoms with van der Waals surface area (Å²) in [5.41, 5.74) is 0.252. The van der Waals surface area contributed by atoms with Crippen molar-refractivity contribution in [3.05, 3.63) is 56.0 Å². The molecule has 0 atom stereocenters. The molecule has 3 rings (SSSR count). The Bertz CT molecular complexity index is 968. The molecule has 0 bridgehead atoms. The highest BCUT2D eigenvalue weighted by Gasteiger charge is 2.30. The molecular weight excluding hydrogens is 343 g/mol. The number of allylic oxidation sites excluding steroid dienone is 4. The van der Waals surface area contributed by atoms with Crippen LogP contribution >= 0.6 is 11.6 Å². The van der Waals surface area contributed by atoms with Gasteiger partial charge >= 0.3 is 6.18 Å². The van der Waals surface area contributed by atoms with Crippen LogP contribution in [0.25, 0.3) is 5.57 Å². The summed E-state index contributed by atoms with van der Waals surface area (Å²) >= 11 is 6.13. The second-order valence-electron chi connectivity index (χ2n) is 5.51. The van der Waals surface area contributed by atoms with Gasteiger partial charge in [-0.3, -0.25) is 14.4 Å². The number of rotatable bonds is 1. The summed E-state index contributed by atoms with van der Waals surface area (Å²) in [5, 5.41) is 0.508. The van der Waals surface area contributed by atoms with Crippen LogP contribution < -0.4 is 16.3 Å². The summed E-state index contributed by atoms with van der Waals surface area (Å²) in [6, 6.07) is 1.55. The van der Waals surface area contributed by atoms with Crippen LogP contribution in [-0.4, -0.2) is 16.6 Å². The van der Waals surface area contributed by atoms with Gasteiger partial charge in [-0.15, -0.1) is 0 Å². The topological polar surface area (TPSA) is 46.7 Å². The van der Waals surface area contributed by atoms with E-state index in [9.17, 15) is 18.0 Å². The molecule has 126 valence electrons. The lowest BCUT2D eigenvalue weighted by Gasteiger charge is -2.16. The molecule has 2 aliphatic rings. The number of fused-ring (bicyclic) bond motifs is 1. The third-order valence-corrected chi connectivity index (χ3v) is 4.09. The fourth-order valence-corrected chi connectivity index (χ4v) is 2.92. The van der Waals surface area contributed by atoms with E-state index in [4.69, 9.17) is 11.6 Å². The molecule has 0 saturated heterocycles. The van der Waals surface area contributed by atoms with Gasteiger partial charge in [0.1, 0.15) is 17.9 Å². The molecule has 24 heavy (non-hydrogen) atoms. The second-order valence-corrected chi connectivity index (χ2v) is 5.92. The monoisotopic (exact) mass is 355 g/mol. The predicted octanol–water partition coefficient (Wildman–Crippen LogP) is 2.20. The minimum absolute atomic E-state index is 0.0145.